The van der Waals surface area contributed by atoms with Gasteiger partial charge in [0.15, 0.2) is 0 Å². The van der Waals surface area contributed by atoms with E-state index >= 15 is 0 Å². The van der Waals surface area contributed by atoms with Crippen LogP contribution in [-0.2, 0) is 9.59 Å². The first kappa shape index (κ1) is 14.0. The number of carbonyl (C=O) groups excluding carboxylic acids is 2. The van der Waals surface area contributed by atoms with E-state index in [9.17, 15) is 9.59 Å². The minimum Gasteiger partial charge on any atom is -0.347 e. The van der Waals surface area contributed by atoms with Crippen molar-refractivity contribution in [3.63, 3.8) is 0 Å². The molecule has 1 aliphatic rings. The maximum Gasteiger partial charge on any atom is 0.241 e. The van der Waals surface area contributed by atoms with E-state index in [1.807, 2.05) is 6.92 Å². The second kappa shape index (κ2) is 6.59. The van der Waals surface area contributed by atoms with Crippen LogP contribution in [0.25, 0.3) is 0 Å². The molecule has 0 aliphatic carbocycles. The van der Waals surface area contributed by atoms with Crippen molar-refractivity contribution in [3.8, 4) is 0 Å². The Morgan fingerprint density at radius 2 is 2.06 bits per heavy atom. The number of rotatable bonds is 5. The molecule has 0 aromatic rings. The predicted molar refractivity (Wildman–Crippen MR) is 66.6 cm³/mol. The van der Waals surface area contributed by atoms with Crippen molar-refractivity contribution in [1.29, 1.82) is 0 Å². The Hall–Kier alpha value is -1.10. The van der Waals surface area contributed by atoms with Gasteiger partial charge in [0, 0.05) is 20.6 Å². The highest BCUT2D eigenvalue weighted by Crippen LogP contribution is 2.09. The number of amides is 2. The normalized spacial score (nSPS) is 19.1. The van der Waals surface area contributed by atoms with E-state index in [0.717, 1.165) is 25.8 Å². The van der Waals surface area contributed by atoms with Gasteiger partial charge in [-0.2, -0.15) is 0 Å². The summed E-state index contributed by atoms with van der Waals surface area (Å²) in [7, 11) is 3.43. The minimum atomic E-state index is -0.0866. The first-order valence-corrected chi connectivity index (χ1v) is 6.28. The van der Waals surface area contributed by atoms with Crippen molar-refractivity contribution >= 4 is 11.8 Å². The molecule has 1 fully saturated rings. The molecule has 1 aliphatic heterocycles. The zero-order valence-corrected chi connectivity index (χ0v) is 11.0. The Balaban J connectivity index is 2.57. The first-order chi connectivity index (χ1) is 8.06. The van der Waals surface area contributed by atoms with E-state index in [-0.39, 0.29) is 24.4 Å². The fraction of sp³-hybridized carbons (Fsp3) is 0.833. The smallest absolute Gasteiger partial charge is 0.241 e. The molecule has 0 spiro atoms. The van der Waals surface area contributed by atoms with Crippen LogP contribution in [0, 0.1) is 0 Å². The molecule has 5 nitrogen and oxygen atoms in total. The number of carbonyl (C=O) groups is 2. The summed E-state index contributed by atoms with van der Waals surface area (Å²) < 4.78 is 0. The minimum absolute atomic E-state index is 0.0233. The molecule has 1 heterocycles. The second-order valence-electron chi connectivity index (χ2n) is 4.70. The number of likely N-dealkylation sites (N-methyl/N-ethyl adjacent to an activating group) is 1. The SMILES string of the molecule is CCCN(CC(=O)N(C)C)C(=O)[C@@H]1CCCN1. The quantitative estimate of drug-likeness (QED) is 0.741. The highest BCUT2D eigenvalue weighted by molar-refractivity contribution is 5.87. The van der Waals surface area contributed by atoms with Gasteiger partial charge < -0.3 is 15.1 Å². The van der Waals surface area contributed by atoms with E-state index in [2.05, 4.69) is 5.32 Å². The van der Waals surface area contributed by atoms with E-state index in [4.69, 9.17) is 0 Å². The van der Waals surface area contributed by atoms with Gasteiger partial charge >= 0.3 is 0 Å². The molecule has 1 rings (SSSR count). The van der Waals surface area contributed by atoms with Crippen molar-refractivity contribution in [3.05, 3.63) is 0 Å². The summed E-state index contributed by atoms with van der Waals surface area (Å²) in [6, 6.07) is -0.0866. The average Bonchev–Trinajstić information content (AvgIpc) is 2.80. The number of hydrogen-bond donors (Lipinski definition) is 1. The first-order valence-electron chi connectivity index (χ1n) is 6.28. The van der Waals surface area contributed by atoms with Crippen LogP contribution in [0.4, 0.5) is 0 Å². The molecule has 1 atom stereocenters. The molecular formula is C12H23N3O2. The molecule has 0 bridgehead atoms. The van der Waals surface area contributed by atoms with Crippen LogP contribution in [0.3, 0.4) is 0 Å². The second-order valence-corrected chi connectivity index (χ2v) is 4.70. The predicted octanol–water partition coefficient (Wildman–Crippen LogP) is 0.0652. The molecule has 0 aromatic heterocycles. The molecule has 0 saturated carbocycles. The lowest BCUT2D eigenvalue weighted by Gasteiger charge is -2.26. The van der Waals surface area contributed by atoms with E-state index in [1.165, 1.54) is 4.90 Å². The Kier molecular flexibility index (Phi) is 5.41. The van der Waals surface area contributed by atoms with Gasteiger partial charge in [-0.15, -0.1) is 0 Å². The van der Waals surface area contributed by atoms with Crippen LogP contribution in [0.15, 0.2) is 0 Å². The molecule has 1 N–H and O–H groups in total. The maximum atomic E-state index is 12.2. The van der Waals surface area contributed by atoms with E-state index in [1.54, 1.807) is 19.0 Å². The molecule has 98 valence electrons. The third-order valence-corrected chi connectivity index (χ3v) is 2.99. The van der Waals surface area contributed by atoms with E-state index < -0.39 is 0 Å². The molecule has 0 unspecified atom stereocenters. The number of nitrogens with one attached hydrogen (secondary N) is 1. The van der Waals surface area contributed by atoms with Crippen molar-refractivity contribution in [2.75, 3.05) is 33.7 Å². The van der Waals surface area contributed by atoms with Crippen LogP contribution in [0.2, 0.25) is 0 Å². The standard InChI is InChI=1S/C12H23N3O2/c1-4-8-15(9-11(16)14(2)3)12(17)10-6-5-7-13-10/h10,13H,4-9H2,1-3H3/t10-/m0/s1. The lowest BCUT2D eigenvalue weighted by Crippen LogP contribution is -2.47. The third-order valence-electron chi connectivity index (χ3n) is 2.99. The summed E-state index contributed by atoms with van der Waals surface area (Å²) >= 11 is 0. The van der Waals surface area contributed by atoms with Crippen LogP contribution in [0.1, 0.15) is 26.2 Å². The summed E-state index contributed by atoms with van der Waals surface area (Å²) in [5, 5.41) is 3.18. The fourth-order valence-corrected chi connectivity index (χ4v) is 1.96. The van der Waals surface area contributed by atoms with Crippen LogP contribution in [0.5, 0.6) is 0 Å². The van der Waals surface area contributed by atoms with Gasteiger partial charge in [0.05, 0.1) is 12.6 Å². The molecular weight excluding hydrogens is 218 g/mol. The zero-order valence-electron chi connectivity index (χ0n) is 11.0. The highest BCUT2D eigenvalue weighted by Gasteiger charge is 2.27. The van der Waals surface area contributed by atoms with Gasteiger partial charge in [0.1, 0.15) is 0 Å². The molecule has 0 radical (unpaired) electrons. The van der Waals surface area contributed by atoms with Crippen LogP contribution < -0.4 is 5.32 Å². The van der Waals surface area contributed by atoms with Gasteiger partial charge in [-0.25, -0.2) is 0 Å². The highest BCUT2D eigenvalue weighted by atomic mass is 16.2. The van der Waals surface area contributed by atoms with Crippen molar-refractivity contribution in [1.82, 2.24) is 15.1 Å². The zero-order chi connectivity index (χ0) is 12.8. The van der Waals surface area contributed by atoms with Gasteiger partial charge in [-0.1, -0.05) is 6.92 Å². The average molecular weight is 241 g/mol. The summed E-state index contributed by atoms with van der Waals surface area (Å²) in [5.74, 6) is 0.0457. The Labute approximate surface area is 103 Å². The molecule has 5 heteroatoms. The molecule has 0 aromatic carbocycles. The lowest BCUT2D eigenvalue weighted by molar-refractivity contribution is -0.140. The summed E-state index contributed by atoms with van der Waals surface area (Å²) in [4.78, 5) is 27.0. The van der Waals surface area contributed by atoms with Gasteiger partial charge in [-0.05, 0) is 25.8 Å². The summed E-state index contributed by atoms with van der Waals surface area (Å²) in [5.41, 5.74) is 0. The maximum absolute atomic E-state index is 12.2. The third kappa shape index (κ3) is 4.00. The molecule has 2 amide bonds. The fourth-order valence-electron chi connectivity index (χ4n) is 1.96. The van der Waals surface area contributed by atoms with Crippen LogP contribution in [-0.4, -0.2) is 61.4 Å². The largest absolute Gasteiger partial charge is 0.347 e. The molecule has 1 saturated heterocycles. The monoisotopic (exact) mass is 241 g/mol. The number of hydrogen-bond acceptors (Lipinski definition) is 3. The topological polar surface area (TPSA) is 52.7 Å². The summed E-state index contributed by atoms with van der Waals surface area (Å²) in [6.07, 6.45) is 2.80. The van der Waals surface area contributed by atoms with E-state index in [0.29, 0.717) is 6.54 Å². The Bertz CT molecular complexity index is 273. The Morgan fingerprint density at radius 3 is 2.53 bits per heavy atom. The lowest BCUT2D eigenvalue weighted by atomic mass is 10.2. The number of nitrogens with zero attached hydrogens (tertiary/aromatic N) is 2. The van der Waals surface area contributed by atoms with Gasteiger partial charge in [0.25, 0.3) is 0 Å². The van der Waals surface area contributed by atoms with Gasteiger partial charge in [0.2, 0.25) is 11.8 Å². The summed E-state index contributed by atoms with van der Waals surface area (Å²) in [6.45, 7) is 3.76. The van der Waals surface area contributed by atoms with Crippen molar-refractivity contribution in [2.24, 2.45) is 0 Å². The molecule has 17 heavy (non-hydrogen) atoms. The van der Waals surface area contributed by atoms with Crippen molar-refractivity contribution < 1.29 is 9.59 Å². The van der Waals surface area contributed by atoms with Gasteiger partial charge in [-0.3, -0.25) is 9.59 Å². The van der Waals surface area contributed by atoms with Crippen molar-refractivity contribution in [2.45, 2.75) is 32.2 Å². The Morgan fingerprint density at radius 1 is 1.35 bits per heavy atom. The van der Waals surface area contributed by atoms with Crippen LogP contribution >= 0.6 is 0 Å².